The van der Waals surface area contributed by atoms with E-state index >= 15 is 0 Å². The van der Waals surface area contributed by atoms with Gasteiger partial charge in [0.1, 0.15) is 0 Å². The van der Waals surface area contributed by atoms with Gasteiger partial charge in [0.25, 0.3) is 5.69 Å². The molecular formula is C12H17ClN2O4. The van der Waals surface area contributed by atoms with Crippen molar-refractivity contribution in [3.63, 3.8) is 0 Å². The van der Waals surface area contributed by atoms with Crippen molar-refractivity contribution in [2.24, 2.45) is 0 Å². The SMILES string of the molecule is COC(OC)C(C)NCc1cc([N+](=O)[O-])ccc1Cl. The number of nitrogens with zero attached hydrogens (tertiary/aromatic N) is 1. The Balaban J connectivity index is 2.71. The van der Waals surface area contributed by atoms with Crippen LogP contribution in [0.3, 0.4) is 0 Å². The maximum Gasteiger partial charge on any atom is 0.269 e. The Morgan fingerprint density at radius 3 is 2.58 bits per heavy atom. The summed E-state index contributed by atoms with van der Waals surface area (Å²) in [5, 5.41) is 14.3. The lowest BCUT2D eigenvalue weighted by Crippen LogP contribution is -2.39. The van der Waals surface area contributed by atoms with Gasteiger partial charge in [-0.05, 0) is 18.6 Å². The molecule has 0 bridgehead atoms. The molecule has 0 saturated carbocycles. The molecule has 1 rings (SSSR count). The van der Waals surface area contributed by atoms with Crippen LogP contribution >= 0.6 is 11.6 Å². The van der Waals surface area contributed by atoms with Crippen LogP contribution in [0.1, 0.15) is 12.5 Å². The number of nitrogens with one attached hydrogen (secondary N) is 1. The monoisotopic (exact) mass is 288 g/mol. The Labute approximate surface area is 116 Å². The van der Waals surface area contributed by atoms with E-state index in [1.165, 1.54) is 18.2 Å². The number of non-ortho nitro benzene ring substituents is 1. The quantitative estimate of drug-likeness (QED) is 0.473. The number of nitro benzene ring substituents is 1. The number of rotatable bonds is 7. The van der Waals surface area contributed by atoms with Crippen LogP contribution in [0, 0.1) is 10.1 Å². The van der Waals surface area contributed by atoms with Crippen LogP contribution in [0.25, 0.3) is 0 Å². The number of halogens is 1. The third kappa shape index (κ3) is 4.43. The Morgan fingerprint density at radius 1 is 1.42 bits per heavy atom. The van der Waals surface area contributed by atoms with Crippen molar-refractivity contribution >= 4 is 17.3 Å². The maximum absolute atomic E-state index is 10.7. The van der Waals surface area contributed by atoms with E-state index in [2.05, 4.69) is 5.32 Å². The van der Waals surface area contributed by atoms with Gasteiger partial charge in [-0.25, -0.2) is 0 Å². The van der Waals surface area contributed by atoms with Gasteiger partial charge in [0.2, 0.25) is 0 Å². The minimum Gasteiger partial charge on any atom is -0.354 e. The fourth-order valence-corrected chi connectivity index (χ4v) is 1.87. The van der Waals surface area contributed by atoms with Crippen molar-refractivity contribution in [2.45, 2.75) is 25.8 Å². The lowest BCUT2D eigenvalue weighted by molar-refractivity contribution is -0.384. The van der Waals surface area contributed by atoms with Gasteiger partial charge in [0.15, 0.2) is 6.29 Å². The molecular weight excluding hydrogens is 272 g/mol. The molecule has 1 atom stereocenters. The van der Waals surface area contributed by atoms with Gasteiger partial charge >= 0.3 is 0 Å². The van der Waals surface area contributed by atoms with Crippen molar-refractivity contribution in [3.05, 3.63) is 38.9 Å². The van der Waals surface area contributed by atoms with Gasteiger partial charge < -0.3 is 14.8 Å². The molecule has 1 aromatic rings. The molecule has 0 aliphatic carbocycles. The van der Waals surface area contributed by atoms with E-state index < -0.39 is 11.2 Å². The summed E-state index contributed by atoms with van der Waals surface area (Å²) in [7, 11) is 3.10. The summed E-state index contributed by atoms with van der Waals surface area (Å²) in [5.74, 6) is 0. The van der Waals surface area contributed by atoms with Crippen LogP contribution in [-0.4, -0.2) is 31.5 Å². The van der Waals surface area contributed by atoms with Crippen molar-refractivity contribution < 1.29 is 14.4 Å². The number of nitro groups is 1. The predicted octanol–water partition coefficient (Wildman–Crippen LogP) is 2.35. The van der Waals surface area contributed by atoms with Crippen molar-refractivity contribution in [1.29, 1.82) is 0 Å². The highest BCUT2D eigenvalue weighted by molar-refractivity contribution is 6.31. The Bertz CT molecular complexity index is 438. The molecule has 0 amide bonds. The summed E-state index contributed by atoms with van der Waals surface area (Å²) < 4.78 is 10.2. The first-order valence-corrected chi connectivity index (χ1v) is 6.09. The smallest absolute Gasteiger partial charge is 0.269 e. The van der Waals surface area contributed by atoms with E-state index in [-0.39, 0.29) is 11.7 Å². The lowest BCUT2D eigenvalue weighted by Gasteiger charge is -2.22. The fourth-order valence-electron chi connectivity index (χ4n) is 1.68. The number of ether oxygens (including phenoxy) is 2. The molecule has 1 aromatic carbocycles. The van der Waals surface area contributed by atoms with Crippen LogP contribution in [0.15, 0.2) is 18.2 Å². The van der Waals surface area contributed by atoms with Crippen molar-refractivity contribution in [2.75, 3.05) is 14.2 Å². The largest absolute Gasteiger partial charge is 0.354 e. The second kappa shape index (κ2) is 7.40. The van der Waals surface area contributed by atoms with Crippen LogP contribution in [0.4, 0.5) is 5.69 Å². The number of methoxy groups -OCH3 is 2. The first-order valence-electron chi connectivity index (χ1n) is 5.71. The van der Waals surface area contributed by atoms with E-state index in [0.29, 0.717) is 17.1 Å². The molecule has 19 heavy (non-hydrogen) atoms. The normalized spacial score (nSPS) is 12.7. The van der Waals surface area contributed by atoms with Crippen LogP contribution in [0.5, 0.6) is 0 Å². The summed E-state index contributed by atoms with van der Waals surface area (Å²) in [6, 6.07) is 4.27. The average molecular weight is 289 g/mol. The first kappa shape index (κ1) is 15.8. The highest BCUT2D eigenvalue weighted by Gasteiger charge is 2.16. The van der Waals surface area contributed by atoms with E-state index in [4.69, 9.17) is 21.1 Å². The van der Waals surface area contributed by atoms with E-state index in [1.807, 2.05) is 6.92 Å². The molecule has 0 aromatic heterocycles. The van der Waals surface area contributed by atoms with E-state index in [1.54, 1.807) is 14.2 Å². The Hall–Kier alpha value is -1.21. The van der Waals surface area contributed by atoms with Gasteiger partial charge in [-0.3, -0.25) is 10.1 Å². The summed E-state index contributed by atoms with van der Waals surface area (Å²) >= 11 is 6.01. The molecule has 0 spiro atoms. The third-order valence-electron chi connectivity index (χ3n) is 2.73. The average Bonchev–Trinajstić information content (AvgIpc) is 2.38. The fraction of sp³-hybridized carbons (Fsp3) is 0.500. The van der Waals surface area contributed by atoms with Gasteiger partial charge in [0, 0.05) is 37.9 Å². The van der Waals surface area contributed by atoms with Crippen LogP contribution in [0.2, 0.25) is 5.02 Å². The van der Waals surface area contributed by atoms with E-state index in [9.17, 15) is 10.1 Å². The predicted molar refractivity (Wildman–Crippen MR) is 72.2 cm³/mol. The van der Waals surface area contributed by atoms with Gasteiger partial charge in [0.05, 0.1) is 11.0 Å². The lowest BCUT2D eigenvalue weighted by atomic mass is 10.2. The zero-order valence-electron chi connectivity index (χ0n) is 11.1. The summed E-state index contributed by atoms with van der Waals surface area (Å²) in [4.78, 5) is 10.3. The zero-order valence-corrected chi connectivity index (χ0v) is 11.8. The summed E-state index contributed by atoms with van der Waals surface area (Å²) in [6.07, 6.45) is -0.391. The standard InChI is InChI=1S/C12H17ClN2O4/c1-8(12(18-2)19-3)14-7-9-6-10(15(16)17)4-5-11(9)13/h4-6,8,12,14H,7H2,1-3H3. The van der Waals surface area contributed by atoms with Gasteiger partial charge in [-0.2, -0.15) is 0 Å². The van der Waals surface area contributed by atoms with E-state index in [0.717, 1.165) is 0 Å². The van der Waals surface area contributed by atoms with Crippen molar-refractivity contribution in [1.82, 2.24) is 5.32 Å². The molecule has 0 fully saturated rings. The minimum atomic E-state index is -0.448. The molecule has 7 heteroatoms. The highest BCUT2D eigenvalue weighted by atomic mass is 35.5. The summed E-state index contributed by atoms with van der Waals surface area (Å²) in [6.45, 7) is 2.29. The number of hydrogen-bond acceptors (Lipinski definition) is 5. The highest BCUT2D eigenvalue weighted by Crippen LogP contribution is 2.22. The zero-order chi connectivity index (χ0) is 14.4. The molecule has 106 valence electrons. The molecule has 0 aliphatic heterocycles. The minimum absolute atomic E-state index is 0.0175. The Kier molecular flexibility index (Phi) is 6.17. The molecule has 0 radical (unpaired) electrons. The molecule has 1 unspecified atom stereocenters. The second-order valence-corrected chi connectivity index (χ2v) is 4.45. The van der Waals surface area contributed by atoms with Gasteiger partial charge in [-0.15, -0.1) is 0 Å². The molecule has 1 N–H and O–H groups in total. The summed E-state index contributed by atoms with van der Waals surface area (Å²) in [5.41, 5.74) is 0.678. The first-order chi connectivity index (χ1) is 8.99. The molecule has 0 saturated heterocycles. The molecule has 0 heterocycles. The number of hydrogen-bond donors (Lipinski definition) is 1. The number of benzene rings is 1. The molecule has 6 nitrogen and oxygen atoms in total. The topological polar surface area (TPSA) is 73.6 Å². The Morgan fingerprint density at radius 2 is 2.05 bits per heavy atom. The van der Waals surface area contributed by atoms with Crippen LogP contribution < -0.4 is 5.32 Å². The maximum atomic E-state index is 10.7. The van der Waals surface area contributed by atoms with Crippen molar-refractivity contribution in [3.8, 4) is 0 Å². The van der Waals surface area contributed by atoms with Gasteiger partial charge in [-0.1, -0.05) is 11.6 Å². The third-order valence-corrected chi connectivity index (χ3v) is 3.10. The molecule has 0 aliphatic rings. The second-order valence-electron chi connectivity index (χ2n) is 4.04. The van der Waals surface area contributed by atoms with Crippen LogP contribution in [-0.2, 0) is 16.0 Å².